The molecule has 0 saturated carbocycles. The maximum absolute atomic E-state index is 6.34. The summed E-state index contributed by atoms with van der Waals surface area (Å²) in [7, 11) is 2.00. The average Bonchev–Trinajstić information content (AvgIpc) is 2.88. The van der Waals surface area contributed by atoms with Gasteiger partial charge in [-0.3, -0.25) is 0 Å². The topological polar surface area (TPSA) is 21.3 Å². The van der Waals surface area contributed by atoms with Gasteiger partial charge in [-0.25, -0.2) is 0 Å². The van der Waals surface area contributed by atoms with Crippen molar-refractivity contribution in [2.45, 2.75) is 25.0 Å². The molecule has 0 saturated heterocycles. The van der Waals surface area contributed by atoms with Gasteiger partial charge in [-0.05, 0) is 43.1 Å². The van der Waals surface area contributed by atoms with Gasteiger partial charge >= 0.3 is 0 Å². The zero-order chi connectivity index (χ0) is 13.8. The summed E-state index contributed by atoms with van der Waals surface area (Å²) in [6.45, 7) is 1.04. The second-order valence-electron chi connectivity index (χ2n) is 5.29. The number of hydrogen-bond acceptors (Lipinski definition) is 2. The van der Waals surface area contributed by atoms with E-state index in [9.17, 15) is 0 Å². The van der Waals surface area contributed by atoms with E-state index in [1.165, 1.54) is 16.7 Å². The van der Waals surface area contributed by atoms with Crippen molar-refractivity contribution in [2.75, 3.05) is 13.6 Å². The molecular formula is C18H21NO. The van der Waals surface area contributed by atoms with E-state index in [1.54, 1.807) is 0 Å². The van der Waals surface area contributed by atoms with Gasteiger partial charge in [0.25, 0.3) is 0 Å². The Morgan fingerprint density at radius 3 is 2.40 bits per heavy atom. The summed E-state index contributed by atoms with van der Waals surface area (Å²) in [6, 6.07) is 19.1. The predicted octanol–water partition coefficient (Wildman–Crippen LogP) is 3.85. The number of nitrogens with one attached hydrogen (secondary N) is 1. The number of ether oxygens (including phenoxy) is 1. The largest absolute Gasteiger partial charge is 0.361 e. The summed E-state index contributed by atoms with van der Waals surface area (Å²) in [5, 5.41) is 3.20. The highest BCUT2D eigenvalue weighted by Gasteiger charge is 2.31. The summed E-state index contributed by atoms with van der Waals surface area (Å²) in [5.41, 5.74) is 3.93. The van der Waals surface area contributed by atoms with E-state index in [-0.39, 0.29) is 12.2 Å². The molecule has 0 spiro atoms. The smallest absolute Gasteiger partial charge is 0.109 e. The van der Waals surface area contributed by atoms with Gasteiger partial charge < -0.3 is 10.1 Å². The van der Waals surface area contributed by atoms with E-state index in [0.717, 1.165) is 19.4 Å². The van der Waals surface area contributed by atoms with E-state index in [2.05, 4.69) is 59.9 Å². The van der Waals surface area contributed by atoms with Gasteiger partial charge in [0.2, 0.25) is 0 Å². The fourth-order valence-electron chi connectivity index (χ4n) is 2.93. The van der Waals surface area contributed by atoms with Gasteiger partial charge in [-0.1, -0.05) is 54.6 Å². The lowest BCUT2D eigenvalue weighted by Gasteiger charge is -2.14. The number of benzene rings is 2. The maximum Gasteiger partial charge on any atom is 0.109 e. The lowest BCUT2D eigenvalue weighted by atomic mass is 9.96. The minimum Gasteiger partial charge on any atom is -0.361 e. The molecule has 1 aliphatic heterocycles. The first-order chi connectivity index (χ1) is 9.90. The highest BCUT2D eigenvalue weighted by Crippen LogP contribution is 2.44. The third kappa shape index (κ3) is 2.62. The predicted molar refractivity (Wildman–Crippen MR) is 81.7 cm³/mol. The van der Waals surface area contributed by atoms with Gasteiger partial charge in [-0.15, -0.1) is 0 Å². The first kappa shape index (κ1) is 13.3. The van der Waals surface area contributed by atoms with Gasteiger partial charge in [0.1, 0.15) is 6.10 Å². The maximum atomic E-state index is 6.34. The Morgan fingerprint density at radius 1 is 0.950 bits per heavy atom. The summed E-state index contributed by atoms with van der Waals surface area (Å²) in [5.74, 6) is 0. The van der Waals surface area contributed by atoms with Crippen LogP contribution in [0.25, 0.3) is 0 Å². The molecule has 2 unspecified atom stereocenters. The van der Waals surface area contributed by atoms with Crippen LogP contribution in [0.4, 0.5) is 0 Å². The molecule has 2 aromatic rings. The molecule has 2 heteroatoms. The minimum absolute atomic E-state index is 0.0898. The molecule has 3 rings (SSSR count). The van der Waals surface area contributed by atoms with Crippen LogP contribution in [0.2, 0.25) is 0 Å². The van der Waals surface area contributed by atoms with Gasteiger partial charge in [0, 0.05) is 0 Å². The van der Waals surface area contributed by atoms with Crippen LogP contribution >= 0.6 is 0 Å². The Bertz CT molecular complexity index is 552. The standard InChI is InChI=1S/C18H21NO/c1-19-13-7-12-17-15-10-5-6-11-16(15)18(20-17)14-8-3-2-4-9-14/h2-6,8-11,17-19H,7,12-13H2,1H3. The first-order valence-corrected chi connectivity index (χ1v) is 7.34. The van der Waals surface area contributed by atoms with Crippen LogP contribution in [0.1, 0.15) is 41.7 Å². The van der Waals surface area contributed by atoms with Gasteiger partial charge in [0.05, 0.1) is 6.10 Å². The monoisotopic (exact) mass is 267 g/mol. The summed E-state index contributed by atoms with van der Waals surface area (Å²) >= 11 is 0. The van der Waals surface area contributed by atoms with Crippen LogP contribution in [0.3, 0.4) is 0 Å². The van der Waals surface area contributed by atoms with Crippen molar-refractivity contribution in [1.29, 1.82) is 0 Å². The van der Waals surface area contributed by atoms with Crippen LogP contribution in [0, 0.1) is 0 Å². The zero-order valence-corrected chi connectivity index (χ0v) is 11.9. The second-order valence-corrected chi connectivity index (χ2v) is 5.29. The molecule has 0 bridgehead atoms. The molecule has 0 aliphatic carbocycles. The van der Waals surface area contributed by atoms with Crippen LogP contribution in [0.5, 0.6) is 0 Å². The van der Waals surface area contributed by atoms with E-state index >= 15 is 0 Å². The van der Waals surface area contributed by atoms with Crippen molar-refractivity contribution in [3.8, 4) is 0 Å². The van der Waals surface area contributed by atoms with E-state index in [1.807, 2.05) is 7.05 Å². The Kier molecular flexibility index (Phi) is 4.14. The molecule has 2 nitrogen and oxygen atoms in total. The van der Waals surface area contributed by atoms with Crippen LogP contribution in [-0.2, 0) is 4.74 Å². The van der Waals surface area contributed by atoms with Crippen molar-refractivity contribution in [1.82, 2.24) is 5.32 Å². The number of fused-ring (bicyclic) bond motifs is 1. The molecule has 104 valence electrons. The fraction of sp³-hybridized carbons (Fsp3) is 0.333. The molecule has 20 heavy (non-hydrogen) atoms. The average molecular weight is 267 g/mol. The molecule has 1 heterocycles. The fourth-order valence-corrected chi connectivity index (χ4v) is 2.93. The molecular weight excluding hydrogens is 246 g/mol. The SMILES string of the molecule is CNCCCC1OC(c2ccccc2)c2ccccc21. The Morgan fingerprint density at radius 2 is 1.65 bits per heavy atom. The van der Waals surface area contributed by atoms with Crippen molar-refractivity contribution in [3.63, 3.8) is 0 Å². The van der Waals surface area contributed by atoms with Gasteiger partial charge in [0.15, 0.2) is 0 Å². The van der Waals surface area contributed by atoms with E-state index < -0.39 is 0 Å². The number of hydrogen-bond donors (Lipinski definition) is 1. The highest BCUT2D eigenvalue weighted by atomic mass is 16.5. The molecule has 1 N–H and O–H groups in total. The molecule has 0 amide bonds. The zero-order valence-electron chi connectivity index (χ0n) is 11.9. The lowest BCUT2D eigenvalue weighted by molar-refractivity contribution is 0.0275. The highest BCUT2D eigenvalue weighted by molar-refractivity contribution is 5.40. The molecule has 1 aliphatic rings. The van der Waals surface area contributed by atoms with E-state index in [0.29, 0.717) is 0 Å². The third-order valence-electron chi connectivity index (χ3n) is 3.92. The Balaban J connectivity index is 1.85. The van der Waals surface area contributed by atoms with Crippen LogP contribution in [0.15, 0.2) is 54.6 Å². The normalized spacial score (nSPS) is 20.9. The van der Waals surface area contributed by atoms with Crippen LogP contribution in [-0.4, -0.2) is 13.6 Å². The molecule has 0 fully saturated rings. The summed E-state index contributed by atoms with van der Waals surface area (Å²) < 4.78 is 6.34. The first-order valence-electron chi connectivity index (χ1n) is 7.34. The molecule has 2 atom stereocenters. The minimum atomic E-state index is 0.0898. The lowest BCUT2D eigenvalue weighted by Crippen LogP contribution is -2.09. The van der Waals surface area contributed by atoms with Crippen LogP contribution < -0.4 is 5.32 Å². The van der Waals surface area contributed by atoms with Crippen molar-refractivity contribution in [2.24, 2.45) is 0 Å². The summed E-state index contributed by atoms with van der Waals surface area (Å²) in [4.78, 5) is 0. The molecule has 2 aromatic carbocycles. The summed E-state index contributed by atoms with van der Waals surface area (Å²) in [6.07, 6.45) is 2.52. The molecule has 0 radical (unpaired) electrons. The van der Waals surface area contributed by atoms with E-state index in [4.69, 9.17) is 4.74 Å². The third-order valence-corrected chi connectivity index (χ3v) is 3.92. The Labute approximate surface area is 120 Å². The van der Waals surface area contributed by atoms with Crippen molar-refractivity contribution in [3.05, 3.63) is 71.3 Å². The number of rotatable bonds is 5. The van der Waals surface area contributed by atoms with Crippen molar-refractivity contribution >= 4 is 0 Å². The Hall–Kier alpha value is -1.64. The van der Waals surface area contributed by atoms with Crippen molar-refractivity contribution < 1.29 is 4.74 Å². The quantitative estimate of drug-likeness (QED) is 0.831. The molecule has 0 aromatic heterocycles. The second kappa shape index (κ2) is 6.21. The van der Waals surface area contributed by atoms with Gasteiger partial charge in [-0.2, -0.15) is 0 Å².